The van der Waals surface area contributed by atoms with Crippen molar-refractivity contribution in [3.8, 4) is 10.6 Å². The van der Waals surface area contributed by atoms with E-state index in [1.807, 2.05) is 38.1 Å². The van der Waals surface area contributed by atoms with Gasteiger partial charge in [-0.05, 0) is 38.5 Å². The van der Waals surface area contributed by atoms with Crippen LogP contribution in [0.2, 0.25) is 0 Å². The van der Waals surface area contributed by atoms with Crippen molar-refractivity contribution in [2.45, 2.75) is 32.2 Å². The van der Waals surface area contributed by atoms with E-state index in [9.17, 15) is 13.2 Å². The van der Waals surface area contributed by atoms with Crippen LogP contribution in [0.3, 0.4) is 0 Å². The van der Waals surface area contributed by atoms with Crippen LogP contribution in [-0.2, 0) is 16.6 Å². The molecule has 0 bridgehead atoms. The largest absolute Gasteiger partial charge is 0.295 e. The first-order chi connectivity index (χ1) is 12.8. The summed E-state index contributed by atoms with van der Waals surface area (Å²) >= 11 is 1.48. The normalized spacial score (nSPS) is 11.5. The number of carbonyl (C=O) groups is 1. The van der Waals surface area contributed by atoms with Gasteiger partial charge in [0.05, 0.1) is 10.6 Å². The van der Waals surface area contributed by atoms with Crippen molar-refractivity contribution in [2.75, 3.05) is 0 Å². The quantitative estimate of drug-likeness (QED) is 0.632. The van der Waals surface area contributed by atoms with Gasteiger partial charge >= 0.3 is 0 Å². The monoisotopic (exact) mass is 400 g/mol. The third kappa shape index (κ3) is 4.32. The number of hydrogen-bond donors (Lipinski definition) is 1. The van der Waals surface area contributed by atoms with Crippen LogP contribution in [-0.4, -0.2) is 19.2 Å². The minimum Gasteiger partial charge on any atom is -0.295 e. The Morgan fingerprint density at radius 1 is 1.11 bits per heavy atom. The van der Waals surface area contributed by atoms with Crippen LogP contribution >= 0.6 is 11.3 Å². The summed E-state index contributed by atoms with van der Waals surface area (Å²) in [6.07, 6.45) is 0. The minimum atomic E-state index is -3.72. The molecule has 0 atom stereocenters. The van der Waals surface area contributed by atoms with E-state index < -0.39 is 10.0 Å². The molecule has 0 amide bonds. The predicted octanol–water partition coefficient (Wildman–Crippen LogP) is 4.11. The van der Waals surface area contributed by atoms with Crippen LogP contribution in [0.4, 0.5) is 0 Å². The maximum atomic E-state index is 12.6. The maximum absolute atomic E-state index is 12.6. The van der Waals surface area contributed by atoms with E-state index in [0.717, 1.165) is 26.7 Å². The van der Waals surface area contributed by atoms with Gasteiger partial charge in [0.1, 0.15) is 5.01 Å². The molecule has 5 nitrogen and oxygen atoms in total. The molecular formula is C20H20N2O3S2. The molecule has 7 heteroatoms. The van der Waals surface area contributed by atoms with Crippen molar-refractivity contribution >= 4 is 27.1 Å². The zero-order valence-corrected chi connectivity index (χ0v) is 16.9. The van der Waals surface area contributed by atoms with Gasteiger partial charge in [0, 0.05) is 22.5 Å². The second kappa shape index (κ2) is 7.72. The standard InChI is InChI=1S/C20H20N2O3S2/c1-13-7-4-5-10-18(13)20-22-14(2)19(26-20)12-21-27(24,25)17-9-6-8-16(11-17)15(3)23/h4-11,21H,12H2,1-3H3. The molecule has 0 unspecified atom stereocenters. The molecule has 1 aromatic heterocycles. The molecule has 3 rings (SSSR count). The summed E-state index contributed by atoms with van der Waals surface area (Å²) in [6.45, 7) is 5.46. The molecule has 3 aromatic rings. The van der Waals surface area contributed by atoms with E-state index >= 15 is 0 Å². The number of aryl methyl sites for hydroxylation is 2. The fraction of sp³-hybridized carbons (Fsp3) is 0.200. The Kier molecular flexibility index (Phi) is 5.55. The Morgan fingerprint density at radius 3 is 2.56 bits per heavy atom. The summed E-state index contributed by atoms with van der Waals surface area (Å²) in [7, 11) is -3.72. The highest BCUT2D eigenvalue weighted by molar-refractivity contribution is 7.89. The van der Waals surface area contributed by atoms with E-state index in [-0.39, 0.29) is 17.2 Å². The van der Waals surface area contributed by atoms with Gasteiger partial charge in [0.2, 0.25) is 10.0 Å². The summed E-state index contributed by atoms with van der Waals surface area (Å²) < 4.78 is 27.8. The number of hydrogen-bond acceptors (Lipinski definition) is 5. The van der Waals surface area contributed by atoms with Gasteiger partial charge in [-0.3, -0.25) is 4.79 Å². The molecule has 0 saturated carbocycles. The molecule has 0 aliphatic carbocycles. The van der Waals surface area contributed by atoms with E-state index in [1.165, 1.54) is 30.4 Å². The highest BCUT2D eigenvalue weighted by Gasteiger charge is 2.17. The summed E-state index contributed by atoms with van der Waals surface area (Å²) in [5.74, 6) is -0.173. The maximum Gasteiger partial charge on any atom is 0.240 e. The highest BCUT2D eigenvalue weighted by Crippen LogP contribution is 2.30. The topological polar surface area (TPSA) is 76.1 Å². The van der Waals surface area contributed by atoms with Crippen LogP contribution in [0.15, 0.2) is 53.4 Å². The Labute approximate surface area is 163 Å². The lowest BCUT2D eigenvalue weighted by molar-refractivity contribution is 0.101. The van der Waals surface area contributed by atoms with Crippen LogP contribution in [0.5, 0.6) is 0 Å². The Balaban J connectivity index is 1.82. The number of thiazole rings is 1. The average molecular weight is 401 g/mol. The SMILES string of the molecule is CC(=O)c1cccc(S(=O)(=O)NCc2sc(-c3ccccc3C)nc2C)c1. The van der Waals surface area contributed by atoms with Crippen molar-refractivity contribution in [1.82, 2.24) is 9.71 Å². The molecule has 140 valence electrons. The minimum absolute atomic E-state index is 0.0801. The summed E-state index contributed by atoms with van der Waals surface area (Å²) in [4.78, 5) is 17.0. The molecule has 0 saturated heterocycles. The van der Waals surface area contributed by atoms with Crippen molar-refractivity contribution in [3.05, 3.63) is 70.2 Å². The third-order valence-corrected chi connectivity index (χ3v) is 6.83. The molecule has 0 radical (unpaired) electrons. The average Bonchev–Trinajstić information content (AvgIpc) is 3.01. The number of carbonyl (C=O) groups excluding carboxylic acids is 1. The second-order valence-electron chi connectivity index (χ2n) is 6.25. The van der Waals surface area contributed by atoms with Gasteiger partial charge in [-0.2, -0.15) is 0 Å². The molecule has 1 heterocycles. The molecule has 0 spiro atoms. The van der Waals surface area contributed by atoms with Gasteiger partial charge in [0.25, 0.3) is 0 Å². The zero-order chi connectivity index (χ0) is 19.6. The number of Topliss-reactive ketones (excluding diaryl/α,β-unsaturated/α-hetero) is 1. The van der Waals surface area contributed by atoms with Crippen molar-refractivity contribution < 1.29 is 13.2 Å². The summed E-state index contributed by atoms with van der Waals surface area (Å²) in [5, 5.41) is 0.873. The number of benzene rings is 2. The van der Waals surface area contributed by atoms with Crippen LogP contribution < -0.4 is 4.72 Å². The lowest BCUT2D eigenvalue weighted by Crippen LogP contribution is -2.23. The number of sulfonamides is 1. The van der Waals surface area contributed by atoms with E-state index in [4.69, 9.17) is 0 Å². The number of aromatic nitrogens is 1. The Hall–Kier alpha value is -2.35. The molecule has 0 aliphatic heterocycles. The molecule has 1 N–H and O–H groups in total. The van der Waals surface area contributed by atoms with E-state index in [0.29, 0.717) is 5.56 Å². The lowest BCUT2D eigenvalue weighted by Gasteiger charge is -2.07. The fourth-order valence-corrected chi connectivity index (χ4v) is 4.87. The van der Waals surface area contributed by atoms with E-state index in [2.05, 4.69) is 9.71 Å². The first kappa shape index (κ1) is 19.4. The van der Waals surface area contributed by atoms with Crippen molar-refractivity contribution in [3.63, 3.8) is 0 Å². The Bertz CT molecular complexity index is 1100. The van der Waals surface area contributed by atoms with Crippen molar-refractivity contribution in [2.24, 2.45) is 0 Å². The van der Waals surface area contributed by atoms with Crippen LogP contribution in [0.1, 0.15) is 33.4 Å². The van der Waals surface area contributed by atoms with E-state index in [1.54, 1.807) is 12.1 Å². The predicted molar refractivity (Wildman–Crippen MR) is 107 cm³/mol. The zero-order valence-electron chi connectivity index (χ0n) is 15.3. The van der Waals surface area contributed by atoms with Gasteiger partial charge in [-0.15, -0.1) is 11.3 Å². The van der Waals surface area contributed by atoms with Gasteiger partial charge in [-0.25, -0.2) is 18.1 Å². The second-order valence-corrected chi connectivity index (χ2v) is 9.10. The van der Waals surface area contributed by atoms with Crippen LogP contribution in [0, 0.1) is 13.8 Å². The molecule has 27 heavy (non-hydrogen) atoms. The fourth-order valence-electron chi connectivity index (χ4n) is 2.65. The third-order valence-electron chi connectivity index (χ3n) is 4.24. The first-order valence-electron chi connectivity index (χ1n) is 8.41. The van der Waals surface area contributed by atoms with Gasteiger partial charge in [-0.1, -0.05) is 36.4 Å². The summed E-state index contributed by atoms with van der Waals surface area (Å²) in [6, 6.07) is 14.0. The van der Waals surface area contributed by atoms with Gasteiger partial charge in [0.15, 0.2) is 5.78 Å². The van der Waals surface area contributed by atoms with Gasteiger partial charge < -0.3 is 0 Å². The molecule has 0 fully saturated rings. The Morgan fingerprint density at radius 2 is 1.85 bits per heavy atom. The molecule has 2 aromatic carbocycles. The highest BCUT2D eigenvalue weighted by atomic mass is 32.2. The lowest BCUT2D eigenvalue weighted by atomic mass is 10.1. The summed E-state index contributed by atoms with van der Waals surface area (Å²) in [5.41, 5.74) is 3.35. The first-order valence-corrected chi connectivity index (χ1v) is 10.7. The van der Waals surface area contributed by atoms with Crippen molar-refractivity contribution in [1.29, 1.82) is 0 Å². The number of nitrogens with zero attached hydrogens (tertiary/aromatic N) is 1. The molecule has 0 aliphatic rings. The smallest absolute Gasteiger partial charge is 0.240 e. The number of nitrogens with one attached hydrogen (secondary N) is 1. The number of ketones is 1. The number of rotatable bonds is 6. The van der Waals surface area contributed by atoms with Crippen LogP contribution in [0.25, 0.3) is 10.6 Å². The molecular weight excluding hydrogens is 380 g/mol.